The lowest BCUT2D eigenvalue weighted by atomic mass is 10.1. The van der Waals surface area contributed by atoms with E-state index in [0.717, 1.165) is 33.8 Å². The summed E-state index contributed by atoms with van der Waals surface area (Å²) in [6, 6.07) is 2.92. The minimum absolute atomic E-state index is 0.0207. The Labute approximate surface area is 162 Å². The standard InChI is InChI=1S/C18H21F2N3O4S/c1-12-14(13(2)27-21-12)6-7-17(24)22-8-10-23(11-9-22)28(25,26)18-15(19)4-3-5-16(18)20/h3-5H,6-11H2,1-2H3. The summed E-state index contributed by atoms with van der Waals surface area (Å²) in [6.07, 6.45) is 0.733. The molecule has 3 rings (SSSR count). The Morgan fingerprint density at radius 3 is 2.29 bits per heavy atom. The van der Waals surface area contributed by atoms with Crippen molar-refractivity contribution in [3.05, 3.63) is 46.9 Å². The highest BCUT2D eigenvalue weighted by Crippen LogP contribution is 2.24. The Morgan fingerprint density at radius 2 is 1.75 bits per heavy atom. The summed E-state index contributed by atoms with van der Waals surface area (Å²) in [5.41, 5.74) is 1.64. The molecule has 0 saturated carbocycles. The Hall–Kier alpha value is -2.33. The Morgan fingerprint density at radius 1 is 1.14 bits per heavy atom. The van der Waals surface area contributed by atoms with Gasteiger partial charge < -0.3 is 9.42 Å². The number of hydrogen-bond donors (Lipinski definition) is 0. The highest BCUT2D eigenvalue weighted by molar-refractivity contribution is 7.89. The molecule has 28 heavy (non-hydrogen) atoms. The smallest absolute Gasteiger partial charge is 0.249 e. The van der Waals surface area contributed by atoms with Gasteiger partial charge in [0.05, 0.1) is 5.69 Å². The van der Waals surface area contributed by atoms with Crippen LogP contribution in [0, 0.1) is 25.5 Å². The third kappa shape index (κ3) is 3.93. The van der Waals surface area contributed by atoms with Crippen molar-refractivity contribution in [2.75, 3.05) is 26.2 Å². The molecule has 0 aliphatic carbocycles. The van der Waals surface area contributed by atoms with E-state index in [4.69, 9.17) is 4.52 Å². The molecule has 1 aliphatic rings. The largest absolute Gasteiger partial charge is 0.361 e. The van der Waals surface area contributed by atoms with Gasteiger partial charge in [0.25, 0.3) is 0 Å². The number of carbonyl (C=O) groups is 1. The zero-order valence-electron chi connectivity index (χ0n) is 15.6. The Bertz CT molecular complexity index is 943. The van der Waals surface area contributed by atoms with Crippen LogP contribution in [0.2, 0.25) is 0 Å². The van der Waals surface area contributed by atoms with E-state index in [2.05, 4.69) is 5.16 Å². The van der Waals surface area contributed by atoms with Gasteiger partial charge in [-0.1, -0.05) is 11.2 Å². The second-order valence-corrected chi connectivity index (χ2v) is 8.51. The van der Waals surface area contributed by atoms with E-state index in [1.54, 1.807) is 11.8 Å². The van der Waals surface area contributed by atoms with E-state index in [-0.39, 0.29) is 38.5 Å². The fourth-order valence-corrected chi connectivity index (χ4v) is 4.82. The molecule has 1 aliphatic heterocycles. The predicted molar refractivity (Wildman–Crippen MR) is 96.0 cm³/mol. The van der Waals surface area contributed by atoms with Crippen LogP contribution in [0.5, 0.6) is 0 Å². The van der Waals surface area contributed by atoms with Gasteiger partial charge >= 0.3 is 0 Å². The van der Waals surface area contributed by atoms with Gasteiger partial charge in [0.2, 0.25) is 15.9 Å². The lowest BCUT2D eigenvalue weighted by molar-refractivity contribution is -0.132. The first-order valence-electron chi connectivity index (χ1n) is 8.85. The number of nitrogens with zero attached hydrogens (tertiary/aromatic N) is 3. The van der Waals surface area contributed by atoms with Crippen LogP contribution in [0.1, 0.15) is 23.4 Å². The van der Waals surface area contributed by atoms with Crippen molar-refractivity contribution in [2.45, 2.75) is 31.6 Å². The van der Waals surface area contributed by atoms with Crippen LogP contribution in [0.15, 0.2) is 27.6 Å². The van der Waals surface area contributed by atoms with Gasteiger partial charge in [-0.15, -0.1) is 0 Å². The number of sulfonamides is 1. The van der Waals surface area contributed by atoms with Gasteiger partial charge in [-0.2, -0.15) is 4.31 Å². The molecule has 152 valence electrons. The van der Waals surface area contributed by atoms with E-state index < -0.39 is 26.6 Å². The third-order valence-electron chi connectivity index (χ3n) is 4.88. The average molecular weight is 413 g/mol. The number of aromatic nitrogens is 1. The minimum atomic E-state index is -4.31. The quantitative estimate of drug-likeness (QED) is 0.749. The Balaban J connectivity index is 1.62. The van der Waals surface area contributed by atoms with E-state index in [0.29, 0.717) is 12.2 Å². The molecular weight excluding hydrogens is 392 g/mol. The maximum atomic E-state index is 13.9. The summed E-state index contributed by atoms with van der Waals surface area (Å²) in [5, 5.41) is 3.85. The van der Waals surface area contributed by atoms with Crippen LogP contribution in [-0.4, -0.2) is 54.9 Å². The molecule has 0 spiro atoms. The summed E-state index contributed by atoms with van der Waals surface area (Å²) in [5.74, 6) is -1.70. The van der Waals surface area contributed by atoms with Gasteiger partial charge in [0.1, 0.15) is 17.4 Å². The van der Waals surface area contributed by atoms with Gasteiger partial charge in [-0.05, 0) is 32.4 Å². The van der Waals surface area contributed by atoms with E-state index in [1.165, 1.54) is 0 Å². The number of benzene rings is 1. The molecular formula is C18H21F2N3O4S. The normalized spacial score (nSPS) is 15.8. The van der Waals surface area contributed by atoms with Gasteiger partial charge in [0.15, 0.2) is 4.90 Å². The summed E-state index contributed by atoms with van der Waals surface area (Å²) in [4.78, 5) is 13.0. The molecule has 10 heteroatoms. The van der Waals surface area contributed by atoms with Crippen LogP contribution in [-0.2, 0) is 21.2 Å². The highest BCUT2D eigenvalue weighted by atomic mass is 32.2. The van der Waals surface area contributed by atoms with E-state index in [9.17, 15) is 22.0 Å². The summed E-state index contributed by atoms with van der Waals surface area (Å²) >= 11 is 0. The molecule has 0 atom stereocenters. The number of piperazine rings is 1. The predicted octanol–water partition coefficient (Wildman–Crippen LogP) is 2.04. The van der Waals surface area contributed by atoms with E-state index in [1.807, 2.05) is 6.92 Å². The zero-order chi connectivity index (χ0) is 20.5. The fourth-order valence-electron chi connectivity index (χ4n) is 3.28. The molecule has 1 amide bonds. The van der Waals surface area contributed by atoms with Crippen molar-refractivity contribution in [3.63, 3.8) is 0 Å². The van der Waals surface area contributed by atoms with Crippen molar-refractivity contribution in [3.8, 4) is 0 Å². The topological polar surface area (TPSA) is 83.7 Å². The Kier molecular flexibility index (Phi) is 5.80. The average Bonchev–Trinajstić information content (AvgIpc) is 2.97. The molecule has 1 fully saturated rings. The van der Waals surface area contributed by atoms with Gasteiger partial charge in [-0.25, -0.2) is 17.2 Å². The van der Waals surface area contributed by atoms with Crippen LogP contribution in [0.4, 0.5) is 8.78 Å². The lowest BCUT2D eigenvalue weighted by Gasteiger charge is -2.34. The zero-order valence-corrected chi connectivity index (χ0v) is 16.4. The van der Waals surface area contributed by atoms with Crippen molar-refractivity contribution in [1.29, 1.82) is 0 Å². The lowest BCUT2D eigenvalue weighted by Crippen LogP contribution is -2.50. The van der Waals surface area contributed by atoms with Crippen molar-refractivity contribution in [1.82, 2.24) is 14.4 Å². The highest BCUT2D eigenvalue weighted by Gasteiger charge is 2.34. The molecule has 7 nitrogen and oxygen atoms in total. The monoisotopic (exact) mass is 413 g/mol. The van der Waals surface area contributed by atoms with Crippen LogP contribution >= 0.6 is 0 Å². The van der Waals surface area contributed by atoms with Crippen molar-refractivity contribution in [2.24, 2.45) is 0 Å². The molecule has 2 heterocycles. The van der Waals surface area contributed by atoms with Crippen LogP contribution in [0.25, 0.3) is 0 Å². The van der Waals surface area contributed by atoms with Crippen LogP contribution < -0.4 is 0 Å². The maximum Gasteiger partial charge on any atom is 0.249 e. The molecule has 1 aromatic heterocycles. The summed E-state index contributed by atoms with van der Waals surface area (Å²) < 4.78 is 59.0. The maximum absolute atomic E-state index is 13.9. The molecule has 1 saturated heterocycles. The molecule has 0 unspecified atom stereocenters. The van der Waals surface area contributed by atoms with Gasteiger partial charge in [0, 0.05) is 38.2 Å². The first-order valence-corrected chi connectivity index (χ1v) is 10.3. The first-order chi connectivity index (χ1) is 13.2. The van der Waals surface area contributed by atoms with E-state index >= 15 is 0 Å². The fraction of sp³-hybridized carbons (Fsp3) is 0.444. The first kappa shape index (κ1) is 20.4. The molecule has 1 aromatic carbocycles. The summed E-state index contributed by atoms with van der Waals surface area (Å²) in [7, 11) is -4.31. The molecule has 0 radical (unpaired) electrons. The molecule has 0 bridgehead atoms. The number of halogens is 2. The number of hydrogen-bond acceptors (Lipinski definition) is 5. The van der Waals surface area contributed by atoms with Crippen molar-refractivity contribution < 1.29 is 26.5 Å². The SMILES string of the molecule is Cc1noc(C)c1CCC(=O)N1CCN(S(=O)(=O)c2c(F)cccc2F)CC1. The molecule has 2 aromatic rings. The summed E-state index contributed by atoms with van der Waals surface area (Å²) in [6.45, 7) is 3.87. The number of carbonyl (C=O) groups excluding carboxylic acids is 1. The third-order valence-corrected chi connectivity index (χ3v) is 6.83. The molecule has 0 N–H and O–H groups in total. The second-order valence-electron chi connectivity index (χ2n) is 6.64. The second kappa shape index (κ2) is 7.96. The number of aryl methyl sites for hydroxylation is 2. The van der Waals surface area contributed by atoms with Gasteiger partial charge in [-0.3, -0.25) is 4.79 Å². The minimum Gasteiger partial charge on any atom is -0.361 e. The van der Waals surface area contributed by atoms with Crippen molar-refractivity contribution >= 4 is 15.9 Å². The number of rotatable bonds is 5. The number of amides is 1. The van der Waals surface area contributed by atoms with Crippen LogP contribution in [0.3, 0.4) is 0 Å².